The molecule has 2 aliphatic rings. The van der Waals surface area contributed by atoms with E-state index in [-0.39, 0.29) is 12.4 Å². The fraction of sp³-hybridized carbons (Fsp3) is 0.818. The molecule has 1 aromatic rings. The summed E-state index contributed by atoms with van der Waals surface area (Å²) in [4.78, 5) is 2.50. The van der Waals surface area contributed by atoms with Crippen LogP contribution in [0.2, 0.25) is 0 Å². The van der Waals surface area contributed by atoms with Gasteiger partial charge in [-0.3, -0.25) is 9.58 Å². The molecule has 2 atom stereocenters. The van der Waals surface area contributed by atoms with Gasteiger partial charge in [-0.1, -0.05) is 5.21 Å². The second-order valence-corrected chi connectivity index (χ2v) is 5.05. The van der Waals surface area contributed by atoms with Crippen LogP contribution < -0.4 is 5.32 Å². The fourth-order valence-corrected chi connectivity index (χ4v) is 2.86. The Labute approximate surface area is 108 Å². The largest absolute Gasteiger partial charge is 0.310 e. The minimum atomic E-state index is 0. The molecule has 0 saturated carbocycles. The summed E-state index contributed by atoms with van der Waals surface area (Å²) in [5.41, 5.74) is 1.08. The van der Waals surface area contributed by atoms with Crippen molar-refractivity contribution in [1.29, 1.82) is 0 Å². The topological polar surface area (TPSA) is 46.0 Å². The Morgan fingerprint density at radius 2 is 2.18 bits per heavy atom. The molecule has 3 heterocycles. The predicted octanol–water partition coefficient (Wildman–Crippen LogP) is 0.563. The second-order valence-electron chi connectivity index (χ2n) is 5.05. The predicted molar refractivity (Wildman–Crippen MR) is 68.1 cm³/mol. The minimum Gasteiger partial charge on any atom is -0.310 e. The van der Waals surface area contributed by atoms with Crippen molar-refractivity contribution < 1.29 is 0 Å². The third-order valence-corrected chi connectivity index (χ3v) is 3.64. The zero-order chi connectivity index (χ0) is 11.0. The normalized spacial score (nSPS) is 28.8. The number of fused-ring (bicyclic) bond motifs is 2. The van der Waals surface area contributed by atoms with Gasteiger partial charge in [-0.15, -0.1) is 17.5 Å². The Morgan fingerprint density at radius 1 is 1.35 bits per heavy atom. The molecule has 2 fully saturated rings. The second kappa shape index (κ2) is 5.33. The maximum absolute atomic E-state index is 4.15. The van der Waals surface area contributed by atoms with Crippen molar-refractivity contribution in [3.63, 3.8) is 0 Å². The molecule has 0 spiro atoms. The van der Waals surface area contributed by atoms with Crippen LogP contribution in [0, 0.1) is 0 Å². The number of nitrogens with one attached hydrogen (secondary N) is 1. The van der Waals surface area contributed by atoms with Crippen molar-refractivity contribution in [3.05, 3.63) is 11.9 Å². The van der Waals surface area contributed by atoms with Gasteiger partial charge in [0.2, 0.25) is 0 Å². The van der Waals surface area contributed by atoms with Gasteiger partial charge in [-0.25, -0.2) is 0 Å². The average molecular weight is 258 g/mol. The van der Waals surface area contributed by atoms with Crippen LogP contribution in [0.5, 0.6) is 0 Å². The van der Waals surface area contributed by atoms with Crippen LogP contribution in [0.3, 0.4) is 0 Å². The molecule has 5 nitrogen and oxygen atoms in total. The van der Waals surface area contributed by atoms with E-state index in [9.17, 15) is 0 Å². The lowest BCUT2D eigenvalue weighted by Crippen LogP contribution is -2.35. The maximum Gasteiger partial charge on any atom is 0.0967 e. The summed E-state index contributed by atoms with van der Waals surface area (Å²) in [6, 6.07) is 1.46. The van der Waals surface area contributed by atoms with Crippen molar-refractivity contribution in [2.45, 2.75) is 37.9 Å². The molecule has 1 N–H and O–H groups in total. The van der Waals surface area contributed by atoms with E-state index >= 15 is 0 Å². The molecule has 3 rings (SSSR count). The van der Waals surface area contributed by atoms with E-state index in [2.05, 4.69) is 20.5 Å². The van der Waals surface area contributed by atoms with E-state index in [1.165, 1.54) is 25.8 Å². The van der Waals surface area contributed by atoms with Gasteiger partial charge < -0.3 is 5.32 Å². The molecule has 0 amide bonds. The number of rotatable bonds is 2. The first kappa shape index (κ1) is 12.8. The zero-order valence-electron chi connectivity index (χ0n) is 10.2. The van der Waals surface area contributed by atoms with E-state index in [0.717, 1.165) is 24.8 Å². The van der Waals surface area contributed by atoms with Crippen LogP contribution in [0.25, 0.3) is 0 Å². The summed E-state index contributed by atoms with van der Waals surface area (Å²) >= 11 is 0. The first-order valence-corrected chi connectivity index (χ1v) is 6.13. The minimum absolute atomic E-state index is 0. The van der Waals surface area contributed by atoms with Gasteiger partial charge in [-0.05, 0) is 19.3 Å². The first-order valence-electron chi connectivity index (χ1n) is 6.13. The van der Waals surface area contributed by atoms with Gasteiger partial charge in [0.15, 0.2) is 0 Å². The van der Waals surface area contributed by atoms with Gasteiger partial charge in [-0.2, -0.15) is 0 Å². The third kappa shape index (κ3) is 2.97. The van der Waals surface area contributed by atoms with E-state index in [4.69, 9.17) is 0 Å². The number of hydrogen-bond acceptors (Lipinski definition) is 4. The van der Waals surface area contributed by atoms with Crippen molar-refractivity contribution in [1.82, 2.24) is 25.2 Å². The Hall–Kier alpha value is -0.650. The highest BCUT2D eigenvalue weighted by Gasteiger charge is 2.29. The van der Waals surface area contributed by atoms with E-state index in [1.54, 1.807) is 4.68 Å². The number of hydrogen-bond donors (Lipinski definition) is 1. The summed E-state index contributed by atoms with van der Waals surface area (Å²) in [5, 5.41) is 11.8. The molecule has 2 saturated heterocycles. The molecule has 0 radical (unpaired) electrons. The average Bonchev–Trinajstić information content (AvgIpc) is 2.77. The summed E-state index contributed by atoms with van der Waals surface area (Å²) in [6.45, 7) is 3.29. The molecule has 6 heteroatoms. The van der Waals surface area contributed by atoms with Crippen LogP contribution >= 0.6 is 12.4 Å². The van der Waals surface area contributed by atoms with Crippen molar-refractivity contribution in [2.24, 2.45) is 7.05 Å². The summed E-state index contributed by atoms with van der Waals surface area (Å²) in [6.07, 6.45) is 5.98. The lowest BCUT2D eigenvalue weighted by molar-refractivity contribution is 0.248. The number of aryl methyl sites for hydroxylation is 1. The van der Waals surface area contributed by atoms with Gasteiger partial charge in [0, 0.05) is 45.0 Å². The molecular weight excluding hydrogens is 238 g/mol. The van der Waals surface area contributed by atoms with Crippen LogP contribution in [-0.4, -0.2) is 45.1 Å². The molecule has 17 heavy (non-hydrogen) atoms. The highest BCUT2D eigenvalue weighted by molar-refractivity contribution is 5.85. The van der Waals surface area contributed by atoms with Crippen LogP contribution in [-0.2, 0) is 13.6 Å². The Morgan fingerprint density at radius 3 is 2.94 bits per heavy atom. The lowest BCUT2D eigenvalue weighted by Gasteiger charge is -2.22. The van der Waals surface area contributed by atoms with E-state index in [1.807, 2.05) is 13.2 Å². The monoisotopic (exact) mass is 257 g/mol. The van der Waals surface area contributed by atoms with Gasteiger partial charge in [0.05, 0.1) is 5.69 Å². The highest BCUT2D eigenvalue weighted by atomic mass is 35.5. The summed E-state index contributed by atoms with van der Waals surface area (Å²) in [5.74, 6) is 0. The smallest absolute Gasteiger partial charge is 0.0967 e. The number of aromatic nitrogens is 3. The molecule has 96 valence electrons. The molecule has 2 aliphatic heterocycles. The lowest BCUT2D eigenvalue weighted by atomic mass is 10.1. The summed E-state index contributed by atoms with van der Waals surface area (Å²) < 4.78 is 1.78. The number of halogens is 1. The number of likely N-dealkylation sites (tertiary alicyclic amines) is 1. The molecule has 0 aliphatic carbocycles. The molecular formula is C11H20ClN5. The van der Waals surface area contributed by atoms with Crippen molar-refractivity contribution >= 4 is 12.4 Å². The highest BCUT2D eigenvalue weighted by Crippen LogP contribution is 2.21. The maximum atomic E-state index is 4.15. The summed E-state index contributed by atoms with van der Waals surface area (Å²) in [7, 11) is 1.92. The van der Waals surface area contributed by atoms with Crippen molar-refractivity contribution in [3.8, 4) is 0 Å². The van der Waals surface area contributed by atoms with E-state index in [0.29, 0.717) is 6.04 Å². The Kier molecular flexibility index (Phi) is 4.01. The number of nitrogens with zero attached hydrogens (tertiary/aromatic N) is 4. The standard InChI is InChI=1S/C11H19N5.ClH/c1-15-6-11(13-14-15)8-16-5-4-9-2-3-10(7-16)12-9;/h6,9-10,12H,2-5,7-8H2,1H3;1H. The third-order valence-electron chi connectivity index (χ3n) is 3.64. The van der Waals surface area contributed by atoms with E-state index < -0.39 is 0 Å². The van der Waals surface area contributed by atoms with Crippen LogP contribution in [0.15, 0.2) is 6.20 Å². The fourth-order valence-electron chi connectivity index (χ4n) is 2.86. The molecule has 2 unspecified atom stereocenters. The van der Waals surface area contributed by atoms with Gasteiger partial charge in [0.1, 0.15) is 0 Å². The Balaban J connectivity index is 0.00000108. The zero-order valence-corrected chi connectivity index (χ0v) is 11.0. The van der Waals surface area contributed by atoms with Crippen LogP contribution in [0.1, 0.15) is 25.0 Å². The van der Waals surface area contributed by atoms with Crippen molar-refractivity contribution in [2.75, 3.05) is 13.1 Å². The SMILES string of the molecule is Cl.Cn1cc(CN2CCC3CCC(C2)N3)nn1. The first-order chi connectivity index (χ1) is 7.79. The molecule has 1 aromatic heterocycles. The molecule has 0 aromatic carbocycles. The van der Waals surface area contributed by atoms with Crippen LogP contribution in [0.4, 0.5) is 0 Å². The van der Waals surface area contributed by atoms with Gasteiger partial charge >= 0.3 is 0 Å². The molecule has 2 bridgehead atoms. The van der Waals surface area contributed by atoms with Gasteiger partial charge in [0.25, 0.3) is 0 Å². The quantitative estimate of drug-likeness (QED) is 0.841. The Bertz CT molecular complexity index is 366.